The fraction of sp³-hybridized carbons (Fsp3) is 0.357. The van der Waals surface area contributed by atoms with E-state index in [1.165, 1.54) is 29.3 Å². The summed E-state index contributed by atoms with van der Waals surface area (Å²) in [5.74, 6) is 0.167. The molecule has 1 aliphatic carbocycles. The fourth-order valence-corrected chi connectivity index (χ4v) is 2.33. The summed E-state index contributed by atoms with van der Waals surface area (Å²) in [5.41, 5.74) is 3.33. The van der Waals surface area contributed by atoms with Gasteiger partial charge in [0.05, 0.1) is 5.69 Å². The molecule has 1 saturated carbocycles. The highest BCUT2D eigenvalue weighted by Gasteiger charge is 2.28. The first kappa shape index (κ1) is 9.64. The van der Waals surface area contributed by atoms with Crippen LogP contribution in [0, 0.1) is 6.92 Å². The van der Waals surface area contributed by atoms with Crippen LogP contribution in [0.15, 0.2) is 24.3 Å². The van der Waals surface area contributed by atoms with E-state index in [4.69, 9.17) is 0 Å². The van der Waals surface area contributed by atoms with E-state index in [0.717, 1.165) is 5.69 Å². The average molecular weight is 213 g/mol. The number of nitrogens with zero attached hydrogens (tertiary/aromatic N) is 1. The van der Waals surface area contributed by atoms with Crippen molar-refractivity contribution < 1.29 is 4.79 Å². The number of aryl methyl sites for hydroxylation is 1. The van der Waals surface area contributed by atoms with E-state index in [0.29, 0.717) is 6.04 Å². The summed E-state index contributed by atoms with van der Waals surface area (Å²) in [6.07, 6.45) is 2.41. The molecule has 0 unspecified atom stereocenters. The monoisotopic (exact) mass is 213 g/mol. The maximum atomic E-state index is 11.6. The van der Waals surface area contributed by atoms with Gasteiger partial charge in [0.15, 0.2) is 5.78 Å². The molecule has 0 bridgehead atoms. The Morgan fingerprint density at radius 3 is 2.69 bits per heavy atom. The van der Waals surface area contributed by atoms with Crippen molar-refractivity contribution in [3.63, 3.8) is 0 Å². The highest BCUT2D eigenvalue weighted by Crippen LogP contribution is 2.39. The zero-order valence-electron chi connectivity index (χ0n) is 9.66. The standard InChI is InChI=1S/C14H15NO/c1-9-3-4-11-8-13(10(2)16)15(12-5-6-12)14(11)7-9/h3-4,7-8,12H,5-6H2,1-2H3. The predicted molar refractivity (Wildman–Crippen MR) is 65.0 cm³/mol. The van der Waals surface area contributed by atoms with Gasteiger partial charge in [0.25, 0.3) is 0 Å². The van der Waals surface area contributed by atoms with E-state index in [9.17, 15) is 4.79 Å². The Bertz CT molecular complexity index is 576. The van der Waals surface area contributed by atoms with Crippen LogP contribution in [0.25, 0.3) is 10.9 Å². The molecule has 1 aromatic carbocycles. The smallest absolute Gasteiger partial charge is 0.176 e. The number of carbonyl (C=O) groups excluding carboxylic acids is 1. The molecule has 1 aliphatic rings. The van der Waals surface area contributed by atoms with Crippen molar-refractivity contribution in [2.45, 2.75) is 32.7 Å². The topological polar surface area (TPSA) is 22.0 Å². The summed E-state index contributed by atoms with van der Waals surface area (Å²) in [4.78, 5) is 11.6. The second-order valence-electron chi connectivity index (χ2n) is 4.75. The van der Waals surface area contributed by atoms with Gasteiger partial charge in [0, 0.05) is 23.9 Å². The second-order valence-corrected chi connectivity index (χ2v) is 4.75. The third-order valence-corrected chi connectivity index (χ3v) is 3.27. The molecule has 0 radical (unpaired) electrons. The van der Waals surface area contributed by atoms with Crippen molar-refractivity contribution in [1.29, 1.82) is 0 Å². The Hall–Kier alpha value is -1.57. The van der Waals surface area contributed by atoms with Gasteiger partial charge >= 0.3 is 0 Å². The minimum atomic E-state index is 0.167. The number of benzene rings is 1. The molecule has 0 spiro atoms. The average Bonchev–Trinajstić information content (AvgIpc) is 2.99. The molecular weight excluding hydrogens is 198 g/mol. The van der Waals surface area contributed by atoms with Gasteiger partial charge in [0.1, 0.15) is 0 Å². The summed E-state index contributed by atoms with van der Waals surface area (Å²) < 4.78 is 2.23. The molecule has 0 aliphatic heterocycles. The van der Waals surface area contributed by atoms with E-state index in [-0.39, 0.29) is 5.78 Å². The van der Waals surface area contributed by atoms with Gasteiger partial charge in [-0.15, -0.1) is 0 Å². The molecule has 2 nitrogen and oxygen atoms in total. The van der Waals surface area contributed by atoms with Crippen molar-refractivity contribution in [2.75, 3.05) is 0 Å². The van der Waals surface area contributed by atoms with Crippen molar-refractivity contribution in [3.8, 4) is 0 Å². The summed E-state index contributed by atoms with van der Waals surface area (Å²) in [6.45, 7) is 3.75. The van der Waals surface area contributed by atoms with Crippen LogP contribution in [0.4, 0.5) is 0 Å². The van der Waals surface area contributed by atoms with E-state index in [1.54, 1.807) is 6.92 Å². The maximum absolute atomic E-state index is 11.6. The van der Waals surface area contributed by atoms with Gasteiger partial charge in [-0.25, -0.2) is 0 Å². The fourth-order valence-electron chi connectivity index (χ4n) is 2.33. The second kappa shape index (κ2) is 3.21. The van der Waals surface area contributed by atoms with Gasteiger partial charge in [-0.3, -0.25) is 4.79 Å². The molecular formula is C14H15NO. The molecule has 0 N–H and O–H groups in total. The van der Waals surface area contributed by atoms with E-state index < -0.39 is 0 Å². The Kier molecular flexibility index (Phi) is 1.93. The molecule has 16 heavy (non-hydrogen) atoms. The third-order valence-electron chi connectivity index (χ3n) is 3.27. The largest absolute Gasteiger partial charge is 0.335 e. The Morgan fingerprint density at radius 1 is 1.31 bits per heavy atom. The van der Waals surface area contributed by atoms with Crippen molar-refractivity contribution >= 4 is 16.7 Å². The number of fused-ring (bicyclic) bond motifs is 1. The predicted octanol–water partition coefficient (Wildman–Crippen LogP) is 3.49. The molecule has 1 heterocycles. The van der Waals surface area contributed by atoms with Crippen LogP contribution in [-0.4, -0.2) is 10.4 Å². The van der Waals surface area contributed by atoms with Crippen molar-refractivity contribution in [1.82, 2.24) is 4.57 Å². The number of hydrogen-bond acceptors (Lipinski definition) is 1. The zero-order chi connectivity index (χ0) is 11.3. The molecule has 2 aromatic rings. The van der Waals surface area contributed by atoms with Gasteiger partial charge in [-0.1, -0.05) is 12.1 Å². The van der Waals surface area contributed by atoms with E-state index in [1.807, 2.05) is 6.07 Å². The van der Waals surface area contributed by atoms with Crippen LogP contribution in [-0.2, 0) is 0 Å². The molecule has 0 saturated heterocycles. The number of Topliss-reactive ketones (excluding diaryl/α,β-unsaturated/α-hetero) is 1. The van der Waals surface area contributed by atoms with Crippen LogP contribution in [0.5, 0.6) is 0 Å². The molecule has 2 heteroatoms. The lowest BCUT2D eigenvalue weighted by Gasteiger charge is -2.07. The molecule has 0 atom stereocenters. The van der Waals surface area contributed by atoms with Crippen molar-refractivity contribution in [3.05, 3.63) is 35.5 Å². The quantitative estimate of drug-likeness (QED) is 0.700. The molecule has 82 valence electrons. The lowest BCUT2D eigenvalue weighted by Crippen LogP contribution is -2.04. The normalized spacial score (nSPS) is 15.6. The number of rotatable bonds is 2. The number of carbonyl (C=O) groups is 1. The minimum absolute atomic E-state index is 0.167. The zero-order valence-corrected chi connectivity index (χ0v) is 9.66. The Balaban J connectivity index is 2.33. The maximum Gasteiger partial charge on any atom is 0.176 e. The summed E-state index contributed by atoms with van der Waals surface area (Å²) in [5, 5.41) is 1.18. The Labute approximate surface area is 94.9 Å². The first-order chi connectivity index (χ1) is 7.66. The minimum Gasteiger partial charge on any atom is -0.335 e. The van der Waals surface area contributed by atoms with Crippen LogP contribution < -0.4 is 0 Å². The summed E-state index contributed by atoms with van der Waals surface area (Å²) >= 11 is 0. The van der Waals surface area contributed by atoms with Gasteiger partial charge < -0.3 is 4.57 Å². The number of hydrogen-bond donors (Lipinski definition) is 0. The van der Waals surface area contributed by atoms with Gasteiger partial charge in [-0.2, -0.15) is 0 Å². The van der Waals surface area contributed by atoms with Crippen LogP contribution >= 0.6 is 0 Å². The highest BCUT2D eigenvalue weighted by molar-refractivity contribution is 5.99. The lowest BCUT2D eigenvalue weighted by molar-refractivity contribution is 0.100. The van der Waals surface area contributed by atoms with Crippen LogP contribution in [0.3, 0.4) is 0 Å². The molecule has 0 amide bonds. The van der Waals surface area contributed by atoms with E-state index >= 15 is 0 Å². The summed E-state index contributed by atoms with van der Waals surface area (Å²) in [7, 11) is 0. The summed E-state index contributed by atoms with van der Waals surface area (Å²) in [6, 6.07) is 8.97. The van der Waals surface area contributed by atoms with Gasteiger partial charge in [-0.05, 0) is 37.5 Å². The first-order valence-electron chi connectivity index (χ1n) is 5.79. The lowest BCUT2D eigenvalue weighted by atomic mass is 10.2. The first-order valence-corrected chi connectivity index (χ1v) is 5.79. The van der Waals surface area contributed by atoms with Gasteiger partial charge in [0.2, 0.25) is 0 Å². The molecule has 1 aromatic heterocycles. The van der Waals surface area contributed by atoms with Crippen LogP contribution in [0.1, 0.15) is 41.9 Å². The third kappa shape index (κ3) is 1.37. The number of ketones is 1. The van der Waals surface area contributed by atoms with Crippen LogP contribution in [0.2, 0.25) is 0 Å². The molecule has 1 fully saturated rings. The van der Waals surface area contributed by atoms with E-state index in [2.05, 4.69) is 29.7 Å². The molecule has 3 rings (SSSR count). The SMILES string of the molecule is CC(=O)c1cc2ccc(C)cc2n1C1CC1. The number of aromatic nitrogens is 1. The van der Waals surface area contributed by atoms with Crippen molar-refractivity contribution in [2.24, 2.45) is 0 Å². The highest BCUT2D eigenvalue weighted by atomic mass is 16.1. The Morgan fingerprint density at radius 2 is 2.06 bits per heavy atom.